The van der Waals surface area contributed by atoms with E-state index in [1.165, 1.54) is 12.7 Å². The Labute approximate surface area is 181 Å². The summed E-state index contributed by atoms with van der Waals surface area (Å²) in [5, 5.41) is 9.99. The molecule has 5 rings (SSSR count). The summed E-state index contributed by atoms with van der Waals surface area (Å²) in [4.78, 5) is 29.7. The molecule has 5 aromatic rings. The number of carbonyl (C=O) groups is 1. The molecule has 11 heteroatoms. The number of fused-ring (bicyclic) bond motifs is 1. The maximum atomic E-state index is 12.5. The van der Waals surface area contributed by atoms with Crippen molar-refractivity contribution in [3.63, 3.8) is 0 Å². The van der Waals surface area contributed by atoms with Gasteiger partial charge in [-0.15, -0.1) is 0 Å². The Kier molecular flexibility index (Phi) is 4.82. The normalized spacial score (nSPS) is 11.1. The van der Waals surface area contributed by atoms with Crippen molar-refractivity contribution in [2.24, 2.45) is 7.05 Å². The molecule has 0 saturated carbocycles. The smallest absolute Gasteiger partial charge is 0.307 e. The lowest BCUT2D eigenvalue weighted by atomic mass is 10.2. The Morgan fingerprint density at radius 3 is 2.91 bits per heavy atom. The van der Waals surface area contributed by atoms with E-state index in [4.69, 9.17) is 8.83 Å². The molecule has 0 unspecified atom stereocenters. The molecular weight excluding hydrogens is 412 g/mol. The van der Waals surface area contributed by atoms with Gasteiger partial charge in [-0.2, -0.15) is 5.10 Å². The van der Waals surface area contributed by atoms with Crippen LogP contribution < -0.4 is 10.6 Å². The minimum absolute atomic E-state index is 0.0556. The summed E-state index contributed by atoms with van der Waals surface area (Å²) < 4.78 is 12.4. The Hall–Kier alpha value is -4.54. The van der Waals surface area contributed by atoms with Crippen LogP contribution in [-0.2, 0) is 13.6 Å². The molecule has 0 bridgehead atoms. The molecule has 2 N–H and O–H groups in total. The van der Waals surface area contributed by atoms with Crippen LogP contribution in [0.3, 0.4) is 0 Å². The van der Waals surface area contributed by atoms with Crippen molar-refractivity contribution in [1.82, 2.24) is 35.0 Å². The number of amides is 1. The number of aryl methyl sites for hydroxylation is 2. The van der Waals surface area contributed by atoms with Crippen molar-refractivity contribution in [1.29, 1.82) is 0 Å². The highest BCUT2D eigenvalue weighted by Gasteiger charge is 2.17. The van der Waals surface area contributed by atoms with Crippen molar-refractivity contribution in [3.8, 4) is 11.4 Å². The Balaban J connectivity index is 1.30. The zero-order valence-electron chi connectivity index (χ0n) is 17.2. The lowest BCUT2D eigenvalue weighted by Gasteiger charge is -2.07. The van der Waals surface area contributed by atoms with Crippen molar-refractivity contribution >= 4 is 28.8 Å². The summed E-state index contributed by atoms with van der Waals surface area (Å²) in [5.74, 6) is 0.628. The third-order valence-electron chi connectivity index (χ3n) is 4.82. The Morgan fingerprint density at radius 2 is 2.06 bits per heavy atom. The van der Waals surface area contributed by atoms with Gasteiger partial charge in [0, 0.05) is 25.9 Å². The zero-order chi connectivity index (χ0) is 22.1. The number of anilines is 2. The van der Waals surface area contributed by atoms with Gasteiger partial charge in [0.2, 0.25) is 5.95 Å². The van der Waals surface area contributed by atoms with E-state index in [0.717, 1.165) is 22.5 Å². The molecule has 11 nitrogen and oxygen atoms in total. The second kappa shape index (κ2) is 7.95. The summed E-state index contributed by atoms with van der Waals surface area (Å²) in [6.07, 6.45) is 6.13. The van der Waals surface area contributed by atoms with E-state index < -0.39 is 5.91 Å². The first-order chi connectivity index (χ1) is 15.6. The van der Waals surface area contributed by atoms with Gasteiger partial charge in [-0.3, -0.25) is 9.48 Å². The Morgan fingerprint density at radius 1 is 1.16 bits per heavy atom. The summed E-state index contributed by atoms with van der Waals surface area (Å²) >= 11 is 0. The fourth-order valence-electron chi connectivity index (χ4n) is 3.13. The fraction of sp³-hybridized carbons (Fsp3) is 0.143. The molecule has 4 heterocycles. The van der Waals surface area contributed by atoms with Gasteiger partial charge in [0.1, 0.15) is 29.0 Å². The Bertz CT molecular complexity index is 1420. The summed E-state index contributed by atoms with van der Waals surface area (Å²) in [6.45, 7) is 2.15. The number of nitrogens with one attached hydrogen (secondary N) is 2. The first kappa shape index (κ1) is 19.4. The van der Waals surface area contributed by atoms with Crippen molar-refractivity contribution in [2.45, 2.75) is 13.5 Å². The van der Waals surface area contributed by atoms with Crippen LogP contribution in [0.25, 0.3) is 22.5 Å². The van der Waals surface area contributed by atoms with Gasteiger partial charge in [-0.1, -0.05) is 6.07 Å². The predicted molar refractivity (Wildman–Crippen MR) is 114 cm³/mol. The number of hydrogen-bond donors (Lipinski definition) is 2. The van der Waals surface area contributed by atoms with Gasteiger partial charge in [0.25, 0.3) is 5.89 Å². The van der Waals surface area contributed by atoms with Crippen LogP contribution in [0.15, 0.2) is 58.2 Å². The molecule has 32 heavy (non-hydrogen) atoms. The molecule has 0 aliphatic carbocycles. The lowest BCUT2D eigenvalue weighted by molar-refractivity contribution is 0.0916. The standard InChI is InChI=1S/C21H18N8O3/c1-12-8-23-21(27-17-5-6-25-29(17)2)28-18(12)15-10-31-20(26-15)19(30)22-9-13-3-4-14-16(7-13)32-11-24-14/h3-8,10-11H,9H2,1-2H3,(H,22,30)(H,23,27,28). The highest BCUT2D eigenvalue weighted by Crippen LogP contribution is 2.22. The van der Waals surface area contributed by atoms with Crippen LogP contribution >= 0.6 is 0 Å². The second-order valence-electron chi connectivity index (χ2n) is 7.07. The maximum Gasteiger partial charge on any atom is 0.307 e. The summed E-state index contributed by atoms with van der Waals surface area (Å²) in [7, 11) is 1.81. The first-order valence-electron chi connectivity index (χ1n) is 9.72. The van der Waals surface area contributed by atoms with Crippen LogP contribution in [0.1, 0.15) is 21.8 Å². The molecule has 0 aliphatic rings. The zero-order valence-corrected chi connectivity index (χ0v) is 17.2. The van der Waals surface area contributed by atoms with Crippen LogP contribution in [0, 0.1) is 6.92 Å². The highest BCUT2D eigenvalue weighted by molar-refractivity contribution is 5.90. The molecular formula is C21H18N8O3. The second-order valence-corrected chi connectivity index (χ2v) is 7.07. The van der Waals surface area contributed by atoms with E-state index in [1.807, 2.05) is 38.2 Å². The van der Waals surface area contributed by atoms with E-state index in [-0.39, 0.29) is 5.89 Å². The quantitative estimate of drug-likeness (QED) is 0.416. The fourth-order valence-corrected chi connectivity index (χ4v) is 3.13. The summed E-state index contributed by atoms with van der Waals surface area (Å²) in [6, 6.07) is 7.33. The van der Waals surface area contributed by atoms with Gasteiger partial charge in [0.15, 0.2) is 12.0 Å². The summed E-state index contributed by atoms with van der Waals surface area (Å²) in [5.41, 5.74) is 4.07. The largest absolute Gasteiger partial charge is 0.443 e. The van der Waals surface area contributed by atoms with E-state index in [2.05, 4.69) is 35.7 Å². The molecule has 0 radical (unpaired) electrons. The molecule has 4 aromatic heterocycles. The maximum absolute atomic E-state index is 12.5. The molecule has 0 fully saturated rings. The van der Waals surface area contributed by atoms with Gasteiger partial charge >= 0.3 is 5.91 Å². The average molecular weight is 430 g/mol. The number of rotatable bonds is 6. The molecule has 0 spiro atoms. The lowest BCUT2D eigenvalue weighted by Crippen LogP contribution is -2.23. The number of carbonyl (C=O) groups excluding carboxylic acids is 1. The predicted octanol–water partition coefficient (Wildman–Crippen LogP) is 2.99. The number of oxazole rings is 2. The molecule has 160 valence electrons. The van der Waals surface area contributed by atoms with Crippen molar-refractivity contribution in [3.05, 3.63) is 66.3 Å². The van der Waals surface area contributed by atoms with Crippen LogP contribution in [0.2, 0.25) is 0 Å². The van der Waals surface area contributed by atoms with Crippen LogP contribution in [0.5, 0.6) is 0 Å². The third kappa shape index (κ3) is 3.78. The minimum atomic E-state index is -0.436. The van der Waals surface area contributed by atoms with Crippen molar-refractivity contribution in [2.75, 3.05) is 5.32 Å². The van der Waals surface area contributed by atoms with Gasteiger partial charge in [-0.25, -0.2) is 19.9 Å². The van der Waals surface area contributed by atoms with Gasteiger partial charge < -0.3 is 19.5 Å². The number of aromatic nitrogens is 6. The highest BCUT2D eigenvalue weighted by atomic mass is 16.4. The van der Waals surface area contributed by atoms with E-state index >= 15 is 0 Å². The topological polar surface area (TPSA) is 137 Å². The molecule has 0 atom stereocenters. The number of hydrogen-bond acceptors (Lipinski definition) is 9. The van der Waals surface area contributed by atoms with Crippen LogP contribution in [-0.4, -0.2) is 35.6 Å². The minimum Gasteiger partial charge on any atom is -0.443 e. The first-order valence-corrected chi connectivity index (χ1v) is 9.72. The number of nitrogens with zero attached hydrogens (tertiary/aromatic N) is 6. The molecule has 1 amide bonds. The van der Waals surface area contributed by atoms with Gasteiger partial charge in [-0.05, 0) is 30.2 Å². The van der Waals surface area contributed by atoms with Gasteiger partial charge in [0.05, 0.1) is 6.20 Å². The van der Waals surface area contributed by atoms with E-state index in [0.29, 0.717) is 29.5 Å². The van der Waals surface area contributed by atoms with Crippen LogP contribution in [0.4, 0.5) is 11.8 Å². The molecule has 0 saturated heterocycles. The van der Waals surface area contributed by atoms with E-state index in [1.54, 1.807) is 17.1 Å². The number of benzene rings is 1. The van der Waals surface area contributed by atoms with Crippen molar-refractivity contribution < 1.29 is 13.6 Å². The average Bonchev–Trinajstić information content (AvgIpc) is 3.54. The SMILES string of the molecule is Cc1cnc(Nc2ccnn2C)nc1-c1coc(C(=O)NCc2ccc3ncoc3c2)n1. The molecule has 0 aliphatic heterocycles. The monoisotopic (exact) mass is 430 g/mol. The van der Waals surface area contributed by atoms with E-state index in [9.17, 15) is 4.79 Å². The third-order valence-corrected chi connectivity index (χ3v) is 4.82. The molecule has 1 aromatic carbocycles.